The molecule has 0 atom stereocenters. The quantitative estimate of drug-likeness (QED) is 0.580. The predicted octanol–water partition coefficient (Wildman–Crippen LogP) is 1.08. The number of benzene rings is 1. The summed E-state index contributed by atoms with van der Waals surface area (Å²) in [5.41, 5.74) is 1.03. The molecular formula is C18H22FN5O3. The maximum Gasteiger partial charge on any atom is 0.314 e. The lowest BCUT2D eigenvalue weighted by atomic mass is 10.2. The second-order valence-corrected chi connectivity index (χ2v) is 6.25. The van der Waals surface area contributed by atoms with Gasteiger partial charge in [-0.3, -0.25) is 19.8 Å². The number of aromatic nitrogens is 1. The number of hydrogen-bond acceptors (Lipinski definition) is 6. The maximum absolute atomic E-state index is 13.0. The lowest BCUT2D eigenvalue weighted by Crippen LogP contribution is -2.47. The topological polar surface area (TPSA) is 90.7 Å². The summed E-state index contributed by atoms with van der Waals surface area (Å²) < 4.78 is 17.6. The lowest BCUT2D eigenvalue weighted by Gasteiger charge is -2.36. The van der Waals surface area contributed by atoms with Gasteiger partial charge in [0.25, 0.3) is 0 Å². The van der Waals surface area contributed by atoms with E-state index >= 15 is 0 Å². The van der Waals surface area contributed by atoms with Crippen LogP contribution in [0.3, 0.4) is 0 Å². The molecule has 2 heterocycles. The molecule has 2 N–H and O–H groups in total. The summed E-state index contributed by atoms with van der Waals surface area (Å²) in [5.74, 6) is -1.49. The molecule has 1 aromatic heterocycles. The summed E-state index contributed by atoms with van der Waals surface area (Å²) in [7, 11) is 0. The average molecular weight is 375 g/mol. The molecule has 1 aliphatic rings. The molecule has 0 aliphatic carbocycles. The molecule has 0 saturated carbocycles. The Labute approximate surface area is 156 Å². The first-order valence-corrected chi connectivity index (χ1v) is 8.84. The number of anilines is 2. The summed E-state index contributed by atoms with van der Waals surface area (Å²) in [5, 5.41) is 8.45. The van der Waals surface area contributed by atoms with E-state index in [1.54, 1.807) is 12.1 Å². The van der Waals surface area contributed by atoms with Crippen LogP contribution in [0.2, 0.25) is 0 Å². The highest BCUT2D eigenvalue weighted by Gasteiger charge is 2.18. The third-order valence-electron chi connectivity index (χ3n) is 4.39. The SMILES string of the molecule is O=C(NCCCN1CCN(c2ccc(F)cc2)CC1)C(=O)Nc1ccon1. The van der Waals surface area contributed by atoms with E-state index in [2.05, 4.69) is 30.1 Å². The van der Waals surface area contributed by atoms with Crippen LogP contribution >= 0.6 is 0 Å². The van der Waals surface area contributed by atoms with Gasteiger partial charge in [-0.1, -0.05) is 5.16 Å². The van der Waals surface area contributed by atoms with Crippen molar-refractivity contribution in [1.82, 2.24) is 15.4 Å². The van der Waals surface area contributed by atoms with Crippen molar-refractivity contribution in [2.75, 3.05) is 49.5 Å². The van der Waals surface area contributed by atoms with Gasteiger partial charge in [0.1, 0.15) is 12.1 Å². The first-order valence-electron chi connectivity index (χ1n) is 8.84. The van der Waals surface area contributed by atoms with Gasteiger partial charge in [0.2, 0.25) is 0 Å². The molecule has 0 bridgehead atoms. The minimum absolute atomic E-state index is 0.203. The van der Waals surface area contributed by atoms with E-state index in [9.17, 15) is 14.0 Å². The Morgan fingerprint density at radius 1 is 1.07 bits per heavy atom. The van der Waals surface area contributed by atoms with Gasteiger partial charge in [-0.15, -0.1) is 0 Å². The van der Waals surface area contributed by atoms with Gasteiger partial charge < -0.3 is 14.7 Å². The Balaban J connectivity index is 1.30. The van der Waals surface area contributed by atoms with Crippen LogP contribution in [0.15, 0.2) is 41.1 Å². The van der Waals surface area contributed by atoms with E-state index < -0.39 is 11.8 Å². The second kappa shape index (κ2) is 9.13. The number of piperazine rings is 1. The van der Waals surface area contributed by atoms with Gasteiger partial charge in [-0.05, 0) is 37.2 Å². The first-order chi connectivity index (χ1) is 13.1. The van der Waals surface area contributed by atoms with Crippen LogP contribution in [0.1, 0.15) is 6.42 Å². The molecule has 3 rings (SSSR count). The summed E-state index contributed by atoms with van der Waals surface area (Å²) in [4.78, 5) is 27.9. The summed E-state index contributed by atoms with van der Waals surface area (Å²) >= 11 is 0. The van der Waals surface area contributed by atoms with Crippen molar-refractivity contribution >= 4 is 23.3 Å². The third-order valence-corrected chi connectivity index (χ3v) is 4.39. The largest absolute Gasteiger partial charge is 0.369 e. The van der Waals surface area contributed by atoms with E-state index in [1.807, 2.05) is 0 Å². The van der Waals surface area contributed by atoms with Crippen molar-refractivity contribution in [3.63, 3.8) is 0 Å². The van der Waals surface area contributed by atoms with Crippen LogP contribution in [0, 0.1) is 5.82 Å². The summed E-state index contributed by atoms with van der Waals surface area (Å²) in [6.45, 7) is 4.80. The van der Waals surface area contributed by atoms with Gasteiger partial charge >= 0.3 is 11.8 Å². The molecule has 144 valence electrons. The fourth-order valence-electron chi connectivity index (χ4n) is 2.92. The predicted molar refractivity (Wildman–Crippen MR) is 97.8 cm³/mol. The Morgan fingerprint density at radius 2 is 1.81 bits per heavy atom. The molecular weight excluding hydrogens is 353 g/mol. The minimum Gasteiger partial charge on any atom is -0.369 e. The van der Waals surface area contributed by atoms with Gasteiger partial charge in [-0.25, -0.2) is 4.39 Å². The number of amides is 2. The number of carbonyl (C=O) groups excluding carboxylic acids is 2. The number of hydrogen-bond donors (Lipinski definition) is 2. The Bertz CT molecular complexity index is 743. The monoisotopic (exact) mass is 375 g/mol. The first kappa shape index (κ1) is 18.8. The van der Waals surface area contributed by atoms with E-state index in [0.29, 0.717) is 6.54 Å². The van der Waals surface area contributed by atoms with Crippen LogP contribution < -0.4 is 15.5 Å². The van der Waals surface area contributed by atoms with E-state index in [-0.39, 0.29) is 11.6 Å². The highest BCUT2D eigenvalue weighted by Crippen LogP contribution is 2.16. The maximum atomic E-state index is 13.0. The molecule has 1 saturated heterocycles. The number of halogens is 1. The van der Waals surface area contributed by atoms with Crippen LogP contribution in [-0.4, -0.2) is 61.1 Å². The van der Waals surface area contributed by atoms with Crippen molar-refractivity contribution < 1.29 is 18.5 Å². The zero-order valence-corrected chi connectivity index (χ0v) is 14.9. The van der Waals surface area contributed by atoms with Gasteiger partial charge in [0, 0.05) is 44.5 Å². The van der Waals surface area contributed by atoms with Gasteiger partial charge in [0.15, 0.2) is 5.82 Å². The fourth-order valence-corrected chi connectivity index (χ4v) is 2.92. The highest BCUT2D eigenvalue weighted by atomic mass is 19.1. The van der Waals surface area contributed by atoms with Crippen molar-refractivity contribution in [3.05, 3.63) is 42.4 Å². The molecule has 0 radical (unpaired) electrons. The molecule has 9 heteroatoms. The van der Waals surface area contributed by atoms with Crippen molar-refractivity contribution in [3.8, 4) is 0 Å². The van der Waals surface area contributed by atoms with Crippen molar-refractivity contribution in [2.24, 2.45) is 0 Å². The molecule has 0 spiro atoms. The van der Waals surface area contributed by atoms with Crippen LogP contribution in [0.25, 0.3) is 0 Å². The van der Waals surface area contributed by atoms with Gasteiger partial charge in [-0.2, -0.15) is 0 Å². The Morgan fingerprint density at radius 3 is 2.48 bits per heavy atom. The standard InChI is InChI=1S/C18H22FN5O3/c19-14-2-4-15(5-3-14)24-11-9-23(10-12-24)8-1-7-20-17(25)18(26)21-16-6-13-27-22-16/h2-6,13H,1,7-12H2,(H,20,25)(H,21,22,26). The number of rotatable bonds is 6. The number of nitrogens with one attached hydrogen (secondary N) is 2. The van der Waals surface area contributed by atoms with Crippen LogP contribution in [-0.2, 0) is 9.59 Å². The molecule has 1 fully saturated rings. The molecule has 8 nitrogen and oxygen atoms in total. The molecule has 27 heavy (non-hydrogen) atoms. The normalized spacial score (nSPS) is 14.8. The number of nitrogens with zero attached hydrogens (tertiary/aromatic N) is 3. The third kappa shape index (κ3) is 5.52. The van der Waals surface area contributed by atoms with Crippen LogP contribution in [0.4, 0.5) is 15.9 Å². The summed E-state index contributed by atoms with van der Waals surface area (Å²) in [6, 6.07) is 8.00. The van der Waals surface area contributed by atoms with E-state index in [0.717, 1.165) is 44.8 Å². The Hall–Kier alpha value is -2.94. The molecule has 1 aliphatic heterocycles. The Kier molecular flexibility index (Phi) is 6.37. The minimum atomic E-state index is -0.767. The zero-order valence-electron chi connectivity index (χ0n) is 14.9. The summed E-state index contributed by atoms with van der Waals surface area (Å²) in [6.07, 6.45) is 2.06. The average Bonchev–Trinajstić information content (AvgIpc) is 3.19. The number of carbonyl (C=O) groups is 2. The van der Waals surface area contributed by atoms with E-state index in [4.69, 9.17) is 0 Å². The molecule has 2 aromatic rings. The van der Waals surface area contributed by atoms with Crippen LogP contribution in [0.5, 0.6) is 0 Å². The smallest absolute Gasteiger partial charge is 0.314 e. The zero-order chi connectivity index (χ0) is 19.1. The molecule has 2 amide bonds. The lowest BCUT2D eigenvalue weighted by molar-refractivity contribution is -0.136. The molecule has 0 unspecified atom stereocenters. The van der Waals surface area contributed by atoms with E-state index in [1.165, 1.54) is 24.5 Å². The van der Waals surface area contributed by atoms with Crippen molar-refractivity contribution in [2.45, 2.75) is 6.42 Å². The highest BCUT2D eigenvalue weighted by molar-refractivity contribution is 6.39. The van der Waals surface area contributed by atoms with Gasteiger partial charge in [0.05, 0.1) is 0 Å². The van der Waals surface area contributed by atoms with Crippen molar-refractivity contribution in [1.29, 1.82) is 0 Å². The fraction of sp³-hybridized carbons (Fsp3) is 0.389. The second-order valence-electron chi connectivity index (χ2n) is 6.25. The molecule has 1 aromatic carbocycles.